The summed E-state index contributed by atoms with van der Waals surface area (Å²) in [5.41, 5.74) is 3.58. The third kappa shape index (κ3) is 7.78. The molecule has 1 saturated heterocycles. The van der Waals surface area contributed by atoms with Gasteiger partial charge in [-0.05, 0) is 64.2 Å². The summed E-state index contributed by atoms with van der Waals surface area (Å²) in [6, 6.07) is 7.30. The van der Waals surface area contributed by atoms with E-state index in [1.165, 1.54) is 18.9 Å². The van der Waals surface area contributed by atoms with E-state index in [-0.39, 0.29) is 12.5 Å². The van der Waals surface area contributed by atoms with Crippen LogP contribution in [0, 0.1) is 11.3 Å². The van der Waals surface area contributed by atoms with Crippen LogP contribution in [0.3, 0.4) is 0 Å². The van der Waals surface area contributed by atoms with E-state index < -0.39 is 59.7 Å². The predicted molar refractivity (Wildman–Crippen MR) is 162 cm³/mol. The van der Waals surface area contributed by atoms with E-state index in [1.54, 1.807) is 32.9 Å². The molecule has 3 N–H and O–H groups in total. The van der Waals surface area contributed by atoms with Gasteiger partial charge in [-0.3, -0.25) is 29.2 Å². The maximum atomic E-state index is 13.7. The molecule has 5 bridgehead atoms. The molecule has 12 heteroatoms. The fourth-order valence-electron chi connectivity index (χ4n) is 5.09. The van der Waals surface area contributed by atoms with E-state index in [4.69, 9.17) is 14.5 Å². The molecule has 1 fully saturated rings. The van der Waals surface area contributed by atoms with Crippen molar-refractivity contribution >= 4 is 40.7 Å². The van der Waals surface area contributed by atoms with E-state index in [0.29, 0.717) is 36.2 Å². The summed E-state index contributed by atoms with van der Waals surface area (Å²) in [5, 5.41) is 7.86. The Bertz CT molecular complexity index is 1430. The number of nitrogens with one attached hydrogen (secondary N) is 3. The first-order chi connectivity index (χ1) is 20.8. The molecule has 2 aliphatic heterocycles. The molecule has 1 aromatic carbocycles. The Morgan fingerprint density at radius 2 is 1.77 bits per heavy atom. The third-order valence-electron chi connectivity index (χ3n) is 7.86. The minimum absolute atomic E-state index is 0.271. The molecule has 0 saturated carbocycles. The first-order valence-corrected chi connectivity index (χ1v) is 15.0. The molecular weight excluding hydrogens is 569 g/mol. The highest BCUT2D eigenvalue weighted by Gasteiger charge is 2.39. The van der Waals surface area contributed by atoms with Crippen LogP contribution in [-0.2, 0) is 28.7 Å². The van der Waals surface area contributed by atoms with Gasteiger partial charge in [0, 0.05) is 11.9 Å². The number of carbonyl (C=O) groups excluding carboxylic acids is 4. The van der Waals surface area contributed by atoms with Crippen molar-refractivity contribution in [2.24, 2.45) is 11.3 Å². The molecule has 1 aromatic heterocycles. The Hall–Kier alpha value is -3.90. The number of cyclic esters (lactones) is 1. The summed E-state index contributed by atoms with van der Waals surface area (Å²) in [4.78, 5) is 58.2. The number of aromatic nitrogens is 1. The van der Waals surface area contributed by atoms with Crippen molar-refractivity contribution < 1.29 is 33.0 Å². The molecule has 3 amide bonds. The monoisotopic (exact) mass is 611 g/mol. The van der Waals surface area contributed by atoms with Crippen molar-refractivity contribution in [3.05, 3.63) is 47.7 Å². The number of halogens is 1. The summed E-state index contributed by atoms with van der Waals surface area (Å²) in [6.07, 6.45) is 1.50. The van der Waals surface area contributed by atoms with Gasteiger partial charge in [-0.25, -0.2) is 9.82 Å². The molecule has 3 heterocycles. The van der Waals surface area contributed by atoms with Gasteiger partial charge in [-0.1, -0.05) is 44.2 Å². The van der Waals surface area contributed by atoms with Gasteiger partial charge in [-0.15, -0.1) is 0 Å². The van der Waals surface area contributed by atoms with E-state index in [0.717, 1.165) is 5.39 Å². The number of hydrogen-bond acceptors (Lipinski definition) is 8. The molecule has 4 rings (SSSR count). The average Bonchev–Trinajstić information content (AvgIpc) is 2.99. The first kappa shape index (κ1) is 33.0. The molecule has 0 aliphatic carbocycles. The minimum Gasteiger partial charge on any atom is -0.451 e. The van der Waals surface area contributed by atoms with E-state index in [9.17, 15) is 23.6 Å². The van der Waals surface area contributed by atoms with Crippen molar-refractivity contribution in [1.29, 1.82) is 0 Å². The van der Waals surface area contributed by atoms with Gasteiger partial charge >= 0.3 is 5.97 Å². The Balaban J connectivity index is 1.75. The number of esters is 1. The third-order valence-corrected chi connectivity index (χ3v) is 7.86. The summed E-state index contributed by atoms with van der Waals surface area (Å²) >= 11 is 0. The van der Waals surface area contributed by atoms with Gasteiger partial charge < -0.3 is 20.1 Å². The second-order valence-electron chi connectivity index (χ2n) is 12.1. The fourth-order valence-corrected chi connectivity index (χ4v) is 5.09. The number of hydrogen-bond donors (Lipinski definition) is 3. The normalized spacial score (nSPS) is 28.8. The van der Waals surface area contributed by atoms with Gasteiger partial charge in [0.1, 0.15) is 17.5 Å². The SMILES string of the molecule is CC(F)OC[C@@]1(C)/C=C/c2ccc3ccc(nc3c2)[C@@H](C)NC(=O)[C@@H]2CCCN(N2)C(=O)[C@H](C)NC(=O)[C@H](C(C)C)OC1=O. The van der Waals surface area contributed by atoms with Crippen molar-refractivity contribution in [3.8, 4) is 0 Å². The molecule has 0 radical (unpaired) electrons. The molecular formula is C32H42FN5O6. The lowest BCUT2D eigenvalue weighted by atomic mass is 9.90. The zero-order valence-corrected chi connectivity index (χ0v) is 26.1. The van der Waals surface area contributed by atoms with Crippen LogP contribution in [0.15, 0.2) is 36.4 Å². The number of carbonyl (C=O) groups is 4. The lowest BCUT2D eigenvalue weighted by Gasteiger charge is -2.35. The Kier molecular flexibility index (Phi) is 10.4. The number of amides is 3. The lowest BCUT2D eigenvalue weighted by Crippen LogP contribution is -2.61. The van der Waals surface area contributed by atoms with Gasteiger partial charge in [0.05, 0.1) is 23.9 Å². The summed E-state index contributed by atoms with van der Waals surface area (Å²) in [5.74, 6) is -2.59. The quantitative estimate of drug-likeness (QED) is 0.448. The number of nitrogens with zero attached hydrogens (tertiary/aromatic N) is 2. The number of hydrazine groups is 1. The van der Waals surface area contributed by atoms with Gasteiger partial charge in [-0.2, -0.15) is 0 Å². The largest absolute Gasteiger partial charge is 0.451 e. The first-order valence-electron chi connectivity index (χ1n) is 15.0. The van der Waals surface area contributed by atoms with Crippen molar-refractivity contribution in [2.45, 2.75) is 85.0 Å². The van der Waals surface area contributed by atoms with Crippen molar-refractivity contribution in [1.82, 2.24) is 26.1 Å². The van der Waals surface area contributed by atoms with E-state index in [1.807, 2.05) is 37.3 Å². The zero-order chi connectivity index (χ0) is 32.2. The molecule has 2 aliphatic rings. The lowest BCUT2D eigenvalue weighted by molar-refractivity contribution is -0.170. The minimum atomic E-state index is -1.64. The van der Waals surface area contributed by atoms with E-state index in [2.05, 4.69) is 16.1 Å². The highest BCUT2D eigenvalue weighted by atomic mass is 19.1. The van der Waals surface area contributed by atoms with Crippen LogP contribution in [0.25, 0.3) is 17.0 Å². The van der Waals surface area contributed by atoms with Gasteiger partial charge in [0.25, 0.3) is 11.8 Å². The maximum Gasteiger partial charge on any atom is 0.318 e. The van der Waals surface area contributed by atoms with Crippen molar-refractivity contribution in [2.75, 3.05) is 13.2 Å². The summed E-state index contributed by atoms with van der Waals surface area (Å²) < 4.78 is 24.7. The Morgan fingerprint density at radius 1 is 1.07 bits per heavy atom. The second kappa shape index (κ2) is 13.8. The van der Waals surface area contributed by atoms with Crippen LogP contribution in [0.4, 0.5) is 4.39 Å². The number of pyridine rings is 1. The highest BCUT2D eigenvalue weighted by Crippen LogP contribution is 2.27. The van der Waals surface area contributed by atoms with E-state index >= 15 is 0 Å². The molecule has 2 aromatic rings. The van der Waals surface area contributed by atoms with Crippen LogP contribution in [0.2, 0.25) is 0 Å². The summed E-state index contributed by atoms with van der Waals surface area (Å²) in [6.45, 7) is 9.57. The van der Waals surface area contributed by atoms with Crippen LogP contribution >= 0.6 is 0 Å². The Labute approximate surface area is 256 Å². The number of ether oxygens (including phenoxy) is 2. The molecule has 44 heavy (non-hydrogen) atoms. The number of benzene rings is 1. The molecule has 1 unspecified atom stereocenters. The zero-order valence-electron chi connectivity index (χ0n) is 26.1. The van der Waals surface area contributed by atoms with Crippen LogP contribution in [-0.4, -0.2) is 71.4 Å². The highest BCUT2D eigenvalue weighted by molar-refractivity contribution is 5.91. The standard InChI is InChI=1S/C32H42FN5O6/c1-18(2)27-29(40)35-20(4)30(41)38-15-7-8-25(37-38)28(39)34-19(3)24-12-11-23-10-9-22(16-26(23)36-24)13-14-32(6,31(42)44-27)17-43-21(5)33/h9-14,16,18-21,25,27,37H,7-8,15,17H2,1-6H3,(H,34,39)(H,35,40)/b14-13+/t19-,20+,21?,25+,27+,32-/m1/s1. The van der Waals surface area contributed by atoms with Crippen LogP contribution < -0.4 is 16.1 Å². The molecule has 11 nitrogen and oxygen atoms in total. The maximum absolute atomic E-state index is 13.7. The topological polar surface area (TPSA) is 139 Å². The predicted octanol–water partition coefficient (Wildman–Crippen LogP) is 3.35. The Morgan fingerprint density at radius 3 is 2.48 bits per heavy atom. The van der Waals surface area contributed by atoms with Gasteiger partial charge in [0.15, 0.2) is 12.5 Å². The number of fused-ring (bicyclic) bond motifs is 4. The summed E-state index contributed by atoms with van der Waals surface area (Å²) in [7, 11) is 0. The second-order valence-corrected chi connectivity index (χ2v) is 12.1. The molecule has 238 valence electrons. The number of rotatable bonds is 4. The average molecular weight is 612 g/mol. The smallest absolute Gasteiger partial charge is 0.318 e. The molecule has 6 atom stereocenters. The molecule has 0 spiro atoms. The fraction of sp³-hybridized carbons (Fsp3) is 0.531. The van der Waals surface area contributed by atoms with Gasteiger partial charge in [0.2, 0.25) is 5.91 Å². The van der Waals surface area contributed by atoms with Crippen molar-refractivity contribution in [3.63, 3.8) is 0 Å². The van der Waals surface area contributed by atoms with Crippen LogP contribution in [0.5, 0.6) is 0 Å². The van der Waals surface area contributed by atoms with Crippen LogP contribution in [0.1, 0.15) is 71.7 Å². The number of alkyl halides is 1.